The molecule has 2 atom stereocenters. The van der Waals surface area contributed by atoms with Crippen LogP contribution in [0.15, 0.2) is 30.5 Å². The molecule has 0 N–H and O–H groups in total. The molecular formula is C16H17F3N2OS. The highest BCUT2D eigenvalue weighted by Crippen LogP contribution is 2.40. The summed E-state index contributed by atoms with van der Waals surface area (Å²) in [6.45, 7) is 2.70. The molecule has 1 aromatic heterocycles. The number of thiazole rings is 1. The lowest BCUT2D eigenvalue weighted by molar-refractivity contribution is -0.134. The molecular weight excluding hydrogens is 325 g/mol. The van der Waals surface area contributed by atoms with Gasteiger partial charge in [-0.05, 0) is 31.0 Å². The average Bonchev–Trinajstić information content (AvgIpc) is 3.13. The van der Waals surface area contributed by atoms with Crippen molar-refractivity contribution in [1.29, 1.82) is 0 Å². The molecule has 1 aliphatic heterocycles. The summed E-state index contributed by atoms with van der Waals surface area (Å²) >= 11 is 0.714. The van der Waals surface area contributed by atoms with Crippen LogP contribution in [0.2, 0.25) is 0 Å². The molecule has 0 spiro atoms. The third kappa shape index (κ3) is 3.29. The molecule has 2 unspecified atom stereocenters. The second-order valence-corrected chi connectivity index (χ2v) is 6.72. The predicted molar refractivity (Wildman–Crippen MR) is 84.3 cm³/mol. The van der Waals surface area contributed by atoms with E-state index in [2.05, 4.69) is 4.98 Å². The van der Waals surface area contributed by atoms with E-state index in [-0.39, 0.29) is 12.0 Å². The van der Waals surface area contributed by atoms with Crippen molar-refractivity contribution in [1.82, 2.24) is 4.98 Å². The Morgan fingerprint density at radius 3 is 2.52 bits per heavy atom. The molecule has 1 saturated heterocycles. The molecule has 7 heteroatoms. The third-order valence-electron chi connectivity index (χ3n) is 4.18. The summed E-state index contributed by atoms with van der Waals surface area (Å²) < 4.78 is 43.4. The van der Waals surface area contributed by atoms with E-state index in [9.17, 15) is 13.2 Å². The van der Waals surface area contributed by atoms with Crippen LogP contribution in [-0.4, -0.2) is 24.7 Å². The number of hydrogen-bond acceptors (Lipinski definition) is 4. The fourth-order valence-electron chi connectivity index (χ4n) is 2.94. The lowest BCUT2D eigenvalue weighted by atomic mass is 9.97. The van der Waals surface area contributed by atoms with E-state index in [0.717, 1.165) is 18.4 Å². The van der Waals surface area contributed by atoms with Gasteiger partial charge in [0, 0.05) is 18.5 Å². The van der Waals surface area contributed by atoms with Crippen molar-refractivity contribution >= 4 is 16.5 Å². The van der Waals surface area contributed by atoms with Gasteiger partial charge >= 0.3 is 6.18 Å². The van der Waals surface area contributed by atoms with Gasteiger partial charge in [-0.2, -0.15) is 13.2 Å². The highest BCUT2D eigenvalue weighted by molar-refractivity contribution is 7.15. The molecule has 0 saturated carbocycles. The van der Waals surface area contributed by atoms with Gasteiger partial charge in [0.25, 0.3) is 0 Å². The van der Waals surface area contributed by atoms with Crippen molar-refractivity contribution in [3.63, 3.8) is 0 Å². The molecule has 0 aliphatic carbocycles. The highest BCUT2D eigenvalue weighted by atomic mass is 32.1. The van der Waals surface area contributed by atoms with Gasteiger partial charge in [0.15, 0.2) is 5.13 Å². The molecule has 1 fully saturated rings. The number of hydrogen-bond donors (Lipinski definition) is 0. The molecule has 23 heavy (non-hydrogen) atoms. The minimum atomic E-state index is -4.33. The molecule has 3 nitrogen and oxygen atoms in total. The Morgan fingerprint density at radius 2 is 1.96 bits per heavy atom. The maximum atomic E-state index is 12.7. The Hall–Kier alpha value is -1.76. The van der Waals surface area contributed by atoms with Gasteiger partial charge in [-0.15, -0.1) is 0 Å². The van der Waals surface area contributed by atoms with Crippen LogP contribution in [0.1, 0.15) is 29.7 Å². The number of alkyl halides is 3. The Bertz CT molecular complexity index is 669. The summed E-state index contributed by atoms with van der Waals surface area (Å²) in [4.78, 5) is 5.30. The normalized spacial score (nSPS) is 21.7. The monoisotopic (exact) mass is 342 g/mol. The van der Waals surface area contributed by atoms with Crippen molar-refractivity contribution in [2.45, 2.75) is 31.5 Å². The Kier molecular flexibility index (Phi) is 4.23. The zero-order chi connectivity index (χ0) is 16.6. The minimum absolute atomic E-state index is 0.161. The molecule has 0 amide bonds. The van der Waals surface area contributed by atoms with Crippen molar-refractivity contribution in [3.05, 3.63) is 40.9 Å². The minimum Gasteiger partial charge on any atom is -0.497 e. The van der Waals surface area contributed by atoms with Crippen molar-refractivity contribution < 1.29 is 17.9 Å². The molecule has 1 aromatic carbocycles. The lowest BCUT2D eigenvalue weighted by Crippen LogP contribution is -2.26. The van der Waals surface area contributed by atoms with Gasteiger partial charge in [0.05, 0.1) is 13.3 Å². The summed E-state index contributed by atoms with van der Waals surface area (Å²) in [6, 6.07) is 8.02. The van der Waals surface area contributed by atoms with E-state index >= 15 is 0 Å². The number of benzene rings is 1. The summed E-state index contributed by atoms with van der Waals surface area (Å²) in [6.07, 6.45) is -2.51. The number of methoxy groups -OCH3 is 1. The lowest BCUT2D eigenvalue weighted by Gasteiger charge is -2.20. The molecule has 124 valence electrons. The van der Waals surface area contributed by atoms with Gasteiger partial charge in [0.2, 0.25) is 0 Å². The maximum Gasteiger partial charge on any atom is 0.427 e. The fourth-order valence-corrected chi connectivity index (χ4v) is 3.84. The van der Waals surface area contributed by atoms with Crippen molar-refractivity contribution in [2.24, 2.45) is 0 Å². The van der Waals surface area contributed by atoms with Crippen LogP contribution in [0.25, 0.3) is 0 Å². The van der Waals surface area contributed by atoms with Gasteiger partial charge in [0.1, 0.15) is 10.6 Å². The Balaban J connectivity index is 1.76. The summed E-state index contributed by atoms with van der Waals surface area (Å²) in [7, 11) is 1.62. The van der Waals surface area contributed by atoms with Gasteiger partial charge in [-0.1, -0.05) is 23.5 Å². The van der Waals surface area contributed by atoms with Crippen molar-refractivity contribution in [2.75, 3.05) is 18.6 Å². The summed E-state index contributed by atoms with van der Waals surface area (Å²) in [5.74, 6) is 1.08. The first-order valence-corrected chi connectivity index (χ1v) is 8.13. The highest BCUT2D eigenvalue weighted by Gasteiger charge is 2.36. The number of ether oxygens (including phenoxy) is 1. The first kappa shape index (κ1) is 16.1. The third-order valence-corrected chi connectivity index (χ3v) is 5.26. The van der Waals surface area contributed by atoms with E-state index in [4.69, 9.17) is 4.74 Å². The first-order chi connectivity index (χ1) is 10.9. The van der Waals surface area contributed by atoms with E-state index in [1.165, 1.54) is 5.56 Å². The average molecular weight is 342 g/mol. The molecule has 1 aliphatic rings. The molecule has 2 heterocycles. The predicted octanol–water partition coefficient (Wildman–Crippen LogP) is 4.55. The fraction of sp³-hybridized carbons (Fsp3) is 0.438. The summed E-state index contributed by atoms with van der Waals surface area (Å²) in [5, 5.41) is 0.445. The Morgan fingerprint density at radius 1 is 1.26 bits per heavy atom. The van der Waals surface area contributed by atoms with Crippen LogP contribution >= 0.6 is 11.3 Å². The van der Waals surface area contributed by atoms with E-state index in [1.54, 1.807) is 7.11 Å². The quantitative estimate of drug-likeness (QED) is 0.818. The zero-order valence-corrected chi connectivity index (χ0v) is 13.6. The van der Waals surface area contributed by atoms with Crippen LogP contribution in [-0.2, 0) is 6.18 Å². The number of rotatable bonds is 3. The maximum absolute atomic E-state index is 12.7. The number of aromatic nitrogens is 1. The van der Waals surface area contributed by atoms with Gasteiger partial charge < -0.3 is 9.64 Å². The largest absolute Gasteiger partial charge is 0.497 e. The van der Waals surface area contributed by atoms with E-state index in [1.807, 2.05) is 36.1 Å². The Labute approximate surface area is 136 Å². The van der Waals surface area contributed by atoms with Crippen molar-refractivity contribution in [3.8, 4) is 5.75 Å². The van der Waals surface area contributed by atoms with Crippen LogP contribution in [0.3, 0.4) is 0 Å². The van der Waals surface area contributed by atoms with Gasteiger partial charge in [-0.3, -0.25) is 0 Å². The molecule has 2 aromatic rings. The molecule has 0 radical (unpaired) electrons. The number of nitrogens with zero attached hydrogens (tertiary/aromatic N) is 2. The van der Waals surface area contributed by atoms with Crippen LogP contribution in [0.4, 0.5) is 18.3 Å². The van der Waals surface area contributed by atoms with Crippen LogP contribution < -0.4 is 9.64 Å². The number of anilines is 1. The molecule has 0 bridgehead atoms. The topological polar surface area (TPSA) is 25.4 Å². The van der Waals surface area contributed by atoms with E-state index in [0.29, 0.717) is 23.0 Å². The van der Waals surface area contributed by atoms with Crippen LogP contribution in [0.5, 0.6) is 5.75 Å². The number of halogens is 3. The van der Waals surface area contributed by atoms with Gasteiger partial charge in [-0.25, -0.2) is 4.98 Å². The smallest absolute Gasteiger partial charge is 0.427 e. The summed E-state index contributed by atoms with van der Waals surface area (Å²) in [5.41, 5.74) is 1.17. The molecule has 3 rings (SSSR count). The SMILES string of the molecule is COc1ccc(C2CC(C)N(c3ncc(C(F)(F)F)s3)C2)cc1. The van der Waals surface area contributed by atoms with Crippen LogP contribution in [0, 0.1) is 0 Å². The zero-order valence-electron chi connectivity index (χ0n) is 12.8. The second kappa shape index (κ2) is 6.03. The second-order valence-electron chi connectivity index (χ2n) is 5.71. The van der Waals surface area contributed by atoms with E-state index < -0.39 is 11.1 Å². The first-order valence-electron chi connectivity index (χ1n) is 7.32. The standard InChI is InChI=1S/C16H17F3N2OS/c1-10-7-12(11-3-5-13(22-2)6-4-11)9-21(10)15-20-8-14(23-15)16(17,18)19/h3-6,8,10,12H,7,9H2,1-2H3.